The Kier molecular flexibility index (Phi) is 4.07. The highest BCUT2D eigenvalue weighted by Gasteiger charge is 2.14. The predicted octanol–water partition coefficient (Wildman–Crippen LogP) is 6.69. The van der Waals surface area contributed by atoms with Gasteiger partial charge >= 0.3 is 0 Å². The molecule has 1 nitrogen and oxygen atoms in total. The first-order chi connectivity index (χ1) is 12.3. The summed E-state index contributed by atoms with van der Waals surface area (Å²) in [5.41, 5.74) is 6.03. The van der Waals surface area contributed by atoms with Crippen LogP contribution in [-0.4, -0.2) is 4.98 Å². The van der Waals surface area contributed by atoms with E-state index in [1.54, 1.807) is 0 Å². The van der Waals surface area contributed by atoms with E-state index in [9.17, 15) is 0 Å². The Bertz CT molecular complexity index is 1020. The van der Waals surface area contributed by atoms with Crippen LogP contribution in [0.15, 0.2) is 85.1 Å². The third kappa shape index (κ3) is 2.83. The molecule has 0 N–H and O–H groups in total. The lowest BCUT2D eigenvalue weighted by molar-refractivity contribution is 0.868. The van der Waals surface area contributed by atoms with Crippen molar-refractivity contribution in [3.8, 4) is 22.4 Å². The van der Waals surface area contributed by atoms with Crippen LogP contribution in [0, 0.1) is 0 Å². The summed E-state index contributed by atoms with van der Waals surface area (Å²) < 4.78 is 0. The topological polar surface area (TPSA) is 12.9 Å². The summed E-state index contributed by atoms with van der Waals surface area (Å²) in [7, 11) is 0. The molecule has 122 valence electrons. The van der Waals surface area contributed by atoms with Crippen molar-refractivity contribution in [2.75, 3.05) is 0 Å². The van der Waals surface area contributed by atoms with Crippen LogP contribution in [0.2, 0.25) is 0 Å². The highest BCUT2D eigenvalue weighted by atomic mass is 14.7. The van der Waals surface area contributed by atoms with Crippen molar-refractivity contribution in [2.24, 2.45) is 0 Å². The molecule has 0 aliphatic carbocycles. The fourth-order valence-electron chi connectivity index (χ4n) is 3.47. The fraction of sp³-hybridized carbons (Fsp3) is 0.125. The number of hydrogen-bond donors (Lipinski definition) is 0. The zero-order chi connectivity index (χ0) is 17.2. The number of pyridine rings is 1. The van der Waals surface area contributed by atoms with Crippen LogP contribution in [0.3, 0.4) is 0 Å². The summed E-state index contributed by atoms with van der Waals surface area (Å²) in [6.45, 7) is 4.47. The number of rotatable bonds is 3. The number of fused-ring (bicyclic) bond motifs is 1. The van der Waals surface area contributed by atoms with E-state index in [-0.39, 0.29) is 0 Å². The second kappa shape index (κ2) is 6.52. The summed E-state index contributed by atoms with van der Waals surface area (Å²) in [6.07, 6.45) is 2.02. The maximum Gasteiger partial charge on any atom is 0.0783 e. The highest BCUT2D eigenvalue weighted by Crippen LogP contribution is 2.36. The lowest BCUT2D eigenvalue weighted by Crippen LogP contribution is -1.95. The van der Waals surface area contributed by atoms with Crippen LogP contribution in [0.1, 0.15) is 25.3 Å². The minimum Gasteiger partial charge on any atom is -0.255 e. The molecule has 0 bridgehead atoms. The Labute approximate surface area is 149 Å². The zero-order valence-corrected chi connectivity index (χ0v) is 14.6. The third-order valence-electron chi connectivity index (χ3n) is 4.72. The average molecular weight is 323 g/mol. The van der Waals surface area contributed by atoms with Crippen LogP contribution in [-0.2, 0) is 0 Å². The molecule has 25 heavy (non-hydrogen) atoms. The van der Waals surface area contributed by atoms with Crippen molar-refractivity contribution in [2.45, 2.75) is 19.8 Å². The van der Waals surface area contributed by atoms with E-state index >= 15 is 0 Å². The second-order valence-corrected chi connectivity index (χ2v) is 6.67. The standard InChI is InChI=1S/C24H21N/c1-17(2)19-12-6-8-14-21(19)24-22-15-9-7-13-20(22)23(16-25-24)18-10-4-3-5-11-18/h3-17H,1-2H3. The van der Waals surface area contributed by atoms with Gasteiger partial charge in [0.15, 0.2) is 0 Å². The molecule has 0 fully saturated rings. The molecule has 1 heteroatoms. The Balaban J connectivity index is 2.00. The van der Waals surface area contributed by atoms with Gasteiger partial charge in [-0.2, -0.15) is 0 Å². The molecule has 1 heterocycles. The van der Waals surface area contributed by atoms with E-state index in [2.05, 4.69) is 86.6 Å². The first kappa shape index (κ1) is 15.6. The predicted molar refractivity (Wildman–Crippen MR) is 107 cm³/mol. The van der Waals surface area contributed by atoms with E-state index in [1.165, 1.54) is 33.0 Å². The summed E-state index contributed by atoms with van der Waals surface area (Å²) >= 11 is 0. The lowest BCUT2D eigenvalue weighted by Gasteiger charge is -2.15. The van der Waals surface area contributed by atoms with E-state index in [1.807, 2.05) is 12.3 Å². The van der Waals surface area contributed by atoms with Crippen LogP contribution in [0.5, 0.6) is 0 Å². The van der Waals surface area contributed by atoms with Gasteiger partial charge < -0.3 is 0 Å². The molecule has 4 rings (SSSR count). The molecule has 0 atom stereocenters. The quantitative estimate of drug-likeness (QED) is 0.409. The number of benzene rings is 3. The zero-order valence-electron chi connectivity index (χ0n) is 14.6. The monoisotopic (exact) mass is 323 g/mol. The lowest BCUT2D eigenvalue weighted by atomic mass is 9.91. The summed E-state index contributed by atoms with van der Waals surface area (Å²) in [5.74, 6) is 0.463. The molecular weight excluding hydrogens is 302 g/mol. The Morgan fingerprint density at radius 1 is 0.640 bits per heavy atom. The molecule has 4 aromatic rings. The van der Waals surface area contributed by atoms with Crippen molar-refractivity contribution in [3.63, 3.8) is 0 Å². The molecule has 0 spiro atoms. The Morgan fingerprint density at radius 3 is 2.04 bits per heavy atom. The van der Waals surface area contributed by atoms with Crippen LogP contribution in [0.25, 0.3) is 33.2 Å². The minimum atomic E-state index is 0.463. The molecule has 0 amide bonds. The number of aromatic nitrogens is 1. The van der Waals surface area contributed by atoms with E-state index < -0.39 is 0 Å². The summed E-state index contributed by atoms with van der Waals surface area (Å²) in [6, 6.07) is 27.7. The molecule has 3 aromatic carbocycles. The van der Waals surface area contributed by atoms with Crippen LogP contribution < -0.4 is 0 Å². The smallest absolute Gasteiger partial charge is 0.0783 e. The highest BCUT2D eigenvalue weighted by molar-refractivity contribution is 6.03. The maximum absolute atomic E-state index is 4.90. The Hall–Kier alpha value is -2.93. The van der Waals surface area contributed by atoms with Crippen LogP contribution >= 0.6 is 0 Å². The average Bonchev–Trinajstić information content (AvgIpc) is 2.68. The van der Waals surface area contributed by atoms with Gasteiger partial charge in [-0.3, -0.25) is 4.98 Å². The van der Waals surface area contributed by atoms with Crippen molar-refractivity contribution >= 4 is 10.8 Å². The normalized spacial score (nSPS) is 11.2. The number of hydrogen-bond acceptors (Lipinski definition) is 1. The van der Waals surface area contributed by atoms with Gasteiger partial charge in [-0.25, -0.2) is 0 Å². The summed E-state index contributed by atoms with van der Waals surface area (Å²) in [5, 5.41) is 2.45. The second-order valence-electron chi connectivity index (χ2n) is 6.67. The first-order valence-corrected chi connectivity index (χ1v) is 8.78. The van der Waals surface area contributed by atoms with Crippen molar-refractivity contribution in [3.05, 3.63) is 90.6 Å². The molecule has 0 aliphatic heterocycles. The van der Waals surface area contributed by atoms with Crippen LogP contribution in [0.4, 0.5) is 0 Å². The summed E-state index contributed by atoms with van der Waals surface area (Å²) in [4.78, 5) is 4.90. The van der Waals surface area contributed by atoms with E-state index in [4.69, 9.17) is 4.98 Å². The minimum absolute atomic E-state index is 0.463. The van der Waals surface area contributed by atoms with Gasteiger partial charge in [0, 0.05) is 22.7 Å². The van der Waals surface area contributed by atoms with E-state index in [0.29, 0.717) is 5.92 Å². The van der Waals surface area contributed by atoms with Gasteiger partial charge in [0.2, 0.25) is 0 Å². The van der Waals surface area contributed by atoms with Crippen molar-refractivity contribution in [1.29, 1.82) is 0 Å². The maximum atomic E-state index is 4.90. The molecule has 0 saturated heterocycles. The van der Waals surface area contributed by atoms with Gasteiger partial charge in [0.05, 0.1) is 5.69 Å². The van der Waals surface area contributed by atoms with Gasteiger partial charge in [-0.1, -0.05) is 92.7 Å². The van der Waals surface area contributed by atoms with Gasteiger partial charge in [-0.05, 0) is 22.4 Å². The number of nitrogens with zero attached hydrogens (tertiary/aromatic N) is 1. The SMILES string of the molecule is CC(C)c1ccccc1-c1ncc(-c2ccccc2)c2ccccc12. The molecule has 0 unspecified atom stereocenters. The first-order valence-electron chi connectivity index (χ1n) is 8.78. The van der Waals surface area contributed by atoms with Gasteiger partial charge in [0.25, 0.3) is 0 Å². The molecule has 0 saturated carbocycles. The Morgan fingerprint density at radius 2 is 1.28 bits per heavy atom. The fourth-order valence-corrected chi connectivity index (χ4v) is 3.47. The molecule has 1 aromatic heterocycles. The van der Waals surface area contributed by atoms with Gasteiger partial charge in [-0.15, -0.1) is 0 Å². The van der Waals surface area contributed by atoms with Gasteiger partial charge in [0.1, 0.15) is 0 Å². The van der Waals surface area contributed by atoms with E-state index in [0.717, 1.165) is 5.69 Å². The van der Waals surface area contributed by atoms with Crippen molar-refractivity contribution < 1.29 is 0 Å². The largest absolute Gasteiger partial charge is 0.255 e. The molecule has 0 aliphatic rings. The van der Waals surface area contributed by atoms with Crippen molar-refractivity contribution in [1.82, 2.24) is 4.98 Å². The molecular formula is C24H21N. The third-order valence-corrected chi connectivity index (χ3v) is 4.72. The molecule has 0 radical (unpaired) electrons.